The Bertz CT molecular complexity index is 1480. The fraction of sp³-hybridized carbons (Fsp3) is 0.281. The molecular weight excluding hydrogens is 502 g/mol. The molecule has 0 saturated carbocycles. The zero-order chi connectivity index (χ0) is 27.5. The molecule has 2 N–H and O–H groups in total. The third kappa shape index (κ3) is 5.45. The highest BCUT2D eigenvalue weighted by Crippen LogP contribution is 2.41. The van der Waals surface area contributed by atoms with Gasteiger partial charge in [-0.15, -0.1) is 0 Å². The van der Waals surface area contributed by atoms with Crippen molar-refractivity contribution in [2.45, 2.75) is 52.6 Å². The maximum atomic E-state index is 12.9. The van der Waals surface area contributed by atoms with E-state index in [0.717, 1.165) is 29.1 Å². The average molecular weight is 538 g/mol. The highest BCUT2D eigenvalue weighted by atomic mass is 32.1. The van der Waals surface area contributed by atoms with Gasteiger partial charge in [0.2, 0.25) is 5.91 Å². The summed E-state index contributed by atoms with van der Waals surface area (Å²) in [6.45, 7) is 9.04. The highest BCUT2D eigenvalue weighted by molar-refractivity contribution is 7.80. The van der Waals surface area contributed by atoms with E-state index in [2.05, 4.69) is 76.2 Å². The number of nitrogens with one attached hydrogen (secondary N) is 2. The lowest BCUT2D eigenvalue weighted by molar-refractivity contribution is -0.116. The second-order valence-electron chi connectivity index (χ2n) is 10.1. The number of carbonyl (C=O) groups is 1. The van der Waals surface area contributed by atoms with Gasteiger partial charge in [-0.2, -0.15) is 0 Å². The smallest absolute Gasteiger partial charge is 0.226 e. The molecule has 6 nitrogen and oxygen atoms in total. The second-order valence-corrected chi connectivity index (χ2v) is 10.5. The largest absolute Gasteiger partial charge is 0.352 e. The van der Waals surface area contributed by atoms with Crippen LogP contribution in [0.4, 0.5) is 5.69 Å². The number of pyridine rings is 1. The summed E-state index contributed by atoms with van der Waals surface area (Å²) in [5.41, 5.74) is 8.90. The number of anilines is 1. The molecule has 1 amide bonds. The van der Waals surface area contributed by atoms with Crippen molar-refractivity contribution < 1.29 is 4.79 Å². The molecule has 1 saturated heterocycles. The van der Waals surface area contributed by atoms with Gasteiger partial charge in [-0.3, -0.25) is 9.78 Å². The topological polar surface area (TPSA) is 62.2 Å². The van der Waals surface area contributed by atoms with E-state index in [1.165, 1.54) is 22.5 Å². The third-order valence-corrected chi connectivity index (χ3v) is 7.87. The van der Waals surface area contributed by atoms with Crippen molar-refractivity contribution in [3.8, 4) is 5.69 Å². The van der Waals surface area contributed by atoms with E-state index in [-0.39, 0.29) is 18.0 Å². The molecule has 1 fully saturated rings. The average Bonchev–Trinajstić information content (AvgIpc) is 3.43. The Kier molecular flexibility index (Phi) is 7.79. The van der Waals surface area contributed by atoms with Crippen LogP contribution in [0.1, 0.15) is 59.2 Å². The van der Waals surface area contributed by atoms with Gasteiger partial charge in [0, 0.05) is 41.9 Å². The van der Waals surface area contributed by atoms with Crippen LogP contribution in [0.15, 0.2) is 79.0 Å². The maximum Gasteiger partial charge on any atom is 0.226 e. The molecule has 0 bridgehead atoms. The summed E-state index contributed by atoms with van der Waals surface area (Å²) in [7, 11) is 0. The van der Waals surface area contributed by atoms with Crippen molar-refractivity contribution in [3.63, 3.8) is 0 Å². The minimum absolute atomic E-state index is 0.0379. The van der Waals surface area contributed by atoms with Crippen LogP contribution in [-0.4, -0.2) is 32.0 Å². The van der Waals surface area contributed by atoms with Crippen LogP contribution >= 0.6 is 12.2 Å². The van der Waals surface area contributed by atoms with Crippen molar-refractivity contribution >= 4 is 28.9 Å². The van der Waals surface area contributed by atoms with Crippen molar-refractivity contribution in [1.29, 1.82) is 0 Å². The van der Waals surface area contributed by atoms with Crippen molar-refractivity contribution in [3.05, 3.63) is 113 Å². The molecule has 3 heterocycles. The van der Waals surface area contributed by atoms with E-state index in [4.69, 9.17) is 12.2 Å². The molecule has 0 aliphatic carbocycles. The van der Waals surface area contributed by atoms with Crippen LogP contribution in [0.5, 0.6) is 0 Å². The molecule has 200 valence electrons. The van der Waals surface area contributed by atoms with E-state index in [0.29, 0.717) is 18.1 Å². The minimum atomic E-state index is -0.130. The Hall–Kier alpha value is -3.97. The number of thiocarbonyl (C=S) groups is 1. The van der Waals surface area contributed by atoms with Crippen LogP contribution in [0.25, 0.3) is 5.69 Å². The number of hydrogen-bond donors (Lipinski definition) is 2. The van der Waals surface area contributed by atoms with Crippen molar-refractivity contribution in [2.24, 2.45) is 0 Å². The Morgan fingerprint density at radius 3 is 2.49 bits per heavy atom. The maximum absolute atomic E-state index is 12.9. The van der Waals surface area contributed by atoms with Gasteiger partial charge in [-0.25, -0.2) is 0 Å². The molecule has 0 radical (unpaired) electrons. The Balaban J connectivity index is 1.48. The zero-order valence-electron chi connectivity index (χ0n) is 22.9. The first-order valence-electron chi connectivity index (χ1n) is 13.5. The molecule has 1 aliphatic rings. The summed E-state index contributed by atoms with van der Waals surface area (Å²) in [5, 5.41) is 7.18. The molecule has 0 unspecified atom stereocenters. The van der Waals surface area contributed by atoms with Gasteiger partial charge in [-0.05, 0) is 86.9 Å². The molecule has 5 rings (SSSR count). The number of rotatable bonds is 8. The van der Waals surface area contributed by atoms with Crippen LogP contribution in [-0.2, 0) is 11.2 Å². The number of para-hydroxylation sites is 1. The first-order chi connectivity index (χ1) is 18.9. The van der Waals surface area contributed by atoms with Crippen LogP contribution in [0.3, 0.4) is 0 Å². The van der Waals surface area contributed by atoms with E-state index in [9.17, 15) is 4.79 Å². The van der Waals surface area contributed by atoms with Gasteiger partial charge < -0.3 is 20.1 Å². The van der Waals surface area contributed by atoms with E-state index in [1.807, 2.05) is 55.6 Å². The van der Waals surface area contributed by atoms with E-state index >= 15 is 0 Å². The monoisotopic (exact) mass is 537 g/mol. The van der Waals surface area contributed by atoms with Gasteiger partial charge in [0.15, 0.2) is 5.11 Å². The zero-order valence-corrected chi connectivity index (χ0v) is 23.8. The second kappa shape index (κ2) is 11.4. The molecule has 7 heteroatoms. The molecule has 0 spiro atoms. The van der Waals surface area contributed by atoms with Crippen LogP contribution in [0.2, 0.25) is 0 Å². The number of carbonyl (C=O) groups excluding carboxylic acids is 1. The molecule has 2 aromatic carbocycles. The number of aryl methyl sites for hydroxylation is 3. The lowest BCUT2D eigenvalue weighted by Gasteiger charge is -2.28. The fourth-order valence-electron chi connectivity index (χ4n) is 5.55. The minimum Gasteiger partial charge on any atom is -0.352 e. The van der Waals surface area contributed by atoms with Gasteiger partial charge in [0.05, 0.1) is 17.8 Å². The van der Waals surface area contributed by atoms with E-state index in [1.54, 1.807) is 0 Å². The molecule has 2 atom stereocenters. The fourth-order valence-corrected chi connectivity index (χ4v) is 5.88. The number of nitrogens with zero attached hydrogens (tertiary/aromatic N) is 3. The molecule has 1 aliphatic heterocycles. The normalized spacial score (nSPS) is 16.8. The summed E-state index contributed by atoms with van der Waals surface area (Å²) in [6, 6.07) is 24.4. The lowest BCUT2D eigenvalue weighted by Crippen LogP contribution is -2.32. The number of hydrogen-bond acceptors (Lipinski definition) is 3. The lowest BCUT2D eigenvalue weighted by atomic mass is 9.96. The highest BCUT2D eigenvalue weighted by Gasteiger charge is 2.41. The third-order valence-electron chi connectivity index (χ3n) is 7.52. The molecule has 2 aromatic heterocycles. The molecular formula is C32H35N5OS. The Morgan fingerprint density at radius 2 is 1.77 bits per heavy atom. The predicted molar refractivity (Wildman–Crippen MR) is 161 cm³/mol. The quantitative estimate of drug-likeness (QED) is 0.256. The van der Waals surface area contributed by atoms with Crippen molar-refractivity contribution in [1.82, 2.24) is 19.8 Å². The first kappa shape index (κ1) is 26.6. The van der Waals surface area contributed by atoms with Gasteiger partial charge in [-0.1, -0.05) is 48.9 Å². The SMILES string of the molecule is CCc1ccccc1-n1c(C)cc([C@@H]2[C@@H](c3ccccn3)NC(=S)N2CCC(=O)Nc2ccc(C)cc2)c1C. The summed E-state index contributed by atoms with van der Waals surface area (Å²) < 4.78 is 2.34. The molecule has 4 aromatic rings. The summed E-state index contributed by atoms with van der Waals surface area (Å²) in [5.74, 6) is -0.0379. The van der Waals surface area contributed by atoms with Crippen LogP contribution < -0.4 is 10.6 Å². The Labute approximate surface area is 236 Å². The van der Waals surface area contributed by atoms with Gasteiger partial charge in [0.25, 0.3) is 0 Å². The Morgan fingerprint density at radius 1 is 1.03 bits per heavy atom. The van der Waals surface area contributed by atoms with E-state index < -0.39 is 0 Å². The summed E-state index contributed by atoms with van der Waals surface area (Å²) >= 11 is 5.86. The van der Waals surface area contributed by atoms with Gasteiger partial charge >= 0.3 is 0 Å². The standard InChI is InChI=1S/C32H35N5OS/c1-5-24-10-6-7-12-28(24)37-22(3)20-26(23(37)4)31-30(27-11-8-9-18-33-27)35-32(39)36(31)19-17-29(38)34-25-15-13-21(2)14-16-25/h6-16,18,20,30-31H,5,17,19H2,1-4H3,(H,34,38)(H,35,39)/t30-,31-/m1/s1. The summed E-state index contributed by atoms with van der Waals surface area (Å²) in [6.07, 6.45) is 3.09. The number of amides is 1. The molecule has 39 heavy (non-hydrogen) atoms. The number of benzene rings is 2. The van der Waals surface area contributed by atoms with Crippen molar-refractivity contribution in [2.75, 3.05) is 11.9 Å². The summed E-state index contributed by atoms with van der Waals surface area (Å²) in [4.78, 5) is 19.7. The van der Waals surface area contributed by atoms with Gasteiger partial charge in [0.1, 0.15) is 0 Å². The predicted octanol–water partition coefficient (Wildman–Crippen LogP) is 6.36. The van der Waals surface area contributed by atoms with Crippen LogP contribution in [0, 0.1) is 20.8 Å². The first-order valence-corrected chi connectivity index (χ1v) is 13.9. The number of aromatic nitrogens is 2.